The number of carbonyl (C=O) groups excluding carboxylic acids is 1. The minimum Gasteiger partial charge on any atom is -0.454 e. The van der Waals surface area contributed by atoms with Gasteiger partial charge < -0.3 is 14.4 Å². The minimum atomic E-state index is -3.71. The molecule has 28 heavy (non-hydrogen) atoms. The number of carbonyl (C=O) groups is 1. The fourth-order valence-electron chi connectivity index (χ4n) is 4.13. The van der Waals surface area contributed by atoms with Gasteiger partial charge in [0.05, 0.1) is 16.5 Å². The molecule has 1 N–H and O–H groups in total. The Morgan fingerprint density at radius 2 is 2.00 bits per heavy atom. The maximum absolute atomic E-state index is 12.9. The molecule has 0 fully saturated rings. The van der Waals surface area contributed by atoms with E-state index >= 15 is 0 Å². The van der Waals surface area contributed by atoms with Crippen molar-refractivity contribution in [2.75, 3.05) is 18.2 Å². The van der Waals surface area contributed by atoms with Crippen molar-refractivity contribution in [3.05, 3.63) is 47.0 Å². The summed E-state index contributed by atoms with van der Waals surface area (Å²) in [6, 6.07) is 8.71. The molecule has 0 saturated heterocycles. The second-order valence-corrected chi connectivity index (χ2v) is 9.11. The number of sulfonamides is 1. The van der Waals surface area contributed by atoms with Gasteiger partial charge in [-0.1, -0.05) is 6.07 Å². The predicted molar refractivity (Wildman–Crippen MR) is 102 cm³/mol. The molecule has 2 aromatic rings. The summed E-state index contributed by atoms with van der Waals surface area (Å²) in [5.41, 5.74) is 3.44. The molecule has 2 aromatic carbocycles. The molecule has 0 bridgehead atoms. The van der Waals surface area contributed by atoms with Gasteiger partial charge in [0.15, 0.2) is 11.5 Å². The number of hydrogen-bond donors (Lipinski definition) is 1. The van der Waals surface area contributed by atoms with Gasteiger partial charge in [0, 0.05) is 13.1 Å². The number of rotatable bonds is 4. The number of anilines is 1. The van der Waals surface area contributed by atoms with Crippen LogP contribution in [0.3, 0.4) is 0 Å². The average Bonchev–Trinajstić information content (AvgIpc) is 3.26. The van der Waals surface area contributed by atoms with Crippen LogP contribution in [0.25, 0.3) is 0 Å². The molecule has 3 heterocycles. The lowest BCUT2D eigenvalue weighted by Gasteiger charge is -2.26. The Bertz CT molecular complexity index is 1100. The highest BCUT2D eigenvalue weighted by Crippen LogP contribution is 2.43. The monoisotopic (exact) mass is 400 g/mol. The second kappa shape index (κ2) is 6.22. The molecule has 1 amide bonds. The molecular weight excluding hydrogens is 380 g/mol. The number of nitrogens with zero attached hydrogens (tertiary/aromatic N) is 1. The second-order valence-electron chi connectivity index (χ2n) is 7.35. The summed E-state index contributed by atoms with van der Waals surface area (Å²) in [6.07, 6.45) is 1.63. The molecule has 146 valence electrons. The van der Waals surface area contributed by atoms with Crippen LogP contribution in [0.15, 0.2) is 35.2 Å². The van der Waals surface area contributed by atoms with Crippen molar-refractivity contribution in [2.24, 2.45) is 0 Å². The van der Waals surface area contributed by atoms with Gasteiger partial charge in [0.1, 0.15) is 0 Å². The molecule has 0 aromatic heterocycles. The van der Waals surface area contributed by atoms with Crippen molar-refractivity contribution >= 4 is 21.6 Å². The molecule has 3 aliphatic rings. The third kappa shape index (κ3) is 2.67. The number of benzene rings is 2. The van der Waals surface area contributed by atoms with Crippen molar-refractivity contribution in [3.63, 3.8) is 0 Å². The van der Waals surface area contributed by atoms with Crippen molar-refractivity contribution in [2.45, 2.75) is 37.1 Å². The predicted octanol–water partition coefficient (Wildman–Crippen LogP) is 2.29. The maximum Gasteiger partial charge on any atom is 0.240 e. The van der Waals surface area contributed by atoms with Crippen molar-refractivity contribution < 1.29 is 22.7 Å². The van der Waals surface area contributed by atoms with Crippen LogP contribution in [0, 0.1) is 0 Å². The zero-order valence-electron chi connectivity index (χ0n) is 15.4. The first-order chi connectivity index (χ1) is 13.4. The van der Waals surface area contributed by atoms with E-state index in [2.05, 4.69) is 4.72 Å². The Hall–Kier alpha value is -2.58. The lowest BCUT2D eigenvalue weighted by molar-refractivity contribution is -0.119. The Morgan fingerprint density at radius 1 is 1.18 bits per heavy atom. The van der Waals surface area contributed by atoms with Crippen LogP contribution in [0.1, 0.15) is 36.0 Å². The van der Waals surface area contributed by atoms with Gasteiger partial charge in [-0.3, -0.25) is 4.79 Å². The summed E-state index contributed by atoms with van der Waals surface area (Å²) in [4.78, 5) is 14.5. The topological polar surface area (TPSA) is 84.9 Å². The van der Waals surface area contributed by atoms with Crippen LogP contribution in [-0.2, 0) is 27.8 Å². The number of aryl methyl sites for hydroxylation is 1. The van der Waals surface area contributed by atoms with E-state index in [-0.39, 0.29) is 30.1 Å². The Labute approximate surface area is 163 Å². The third-order valence-corrected chi connectivity index (χ3v) is 6.99. The summed E-state index contributed by atoms with van der Waals surface area (Å²) in [7, 11) is -3.71. The molecular formula is C20H20N2O5S. The molecule has 0 spiro atoms. The first-order valence-corrected chi connectivity index (χ1v) is 10.8. The Kier molecular flexibility index (Phi) is 3.89. The molecule has 5 rings (SSSR count). The van der Waals surface area contributed by atoms with E-state index < -0.39 is 10.0 Å². The number of nitrogens with one attached hydrogen (secondary N) is 1. The smallest absolute Gasteiger partial charge is 0.240 e. The van der Waals surface area contributed by atoms with E-state index in [0.29, 0.717) is 18.0 Å². The quantitative estimate of drug-likeness (QED) is 0.851. The van der Waals surface area contributed by atoms with Gasteiger partial charge in [0.25, 0.3) is 0 Å². The fourth-order valence-corrected chi connectivity index (χ4v) is 5.24. The highest BCUT2D eigenvalue weighted by atomic mass is 32.2. The van der Waals surface area contributed by atoms with Gasteiger partial charge in [-0.2, -0.15) is 0 Å². The Morgan fingerprint density at radius 3 is 2.86 bits per heavy atom. The molecule has 8 heteroatoms. The zero-order chi connectivity index (χ0) is 19.5. The third-order valence-electron chi connectivity index (χ3n) is 5.61. The molecule has 7 nitrogen and oxygen atoms in total. The first-order valence-electron chi connectivity index (χ1n) is 9.30. The molecule has 0 unspecified atom stereocenters. The summed E-state index contributed by atoms with van der Waals surface area (Å²) < 4.78 is 39.1. The number of hydrogen-bond acceptors (Lipinski definition) is 5. The molecule has 3 aliphatic heterocycles. The van der Waals surface area contributed by atoms with Crippen molar-refractivity contribution in [1.29, 1.82) is 0 Å². The van der Waals surface area contributed by atoms with Crippen molar-refractivity contribution in [3.8, 4) is 11.5 Å². The summed E-state index contributed by atoms with van der Waals surface area (Å²) in [6.45, 7) is 2.87. The largest absolute Gasteiger partial charge is 0.454 e. The van der Waals surface area contributed by atoms with Crippen LogP contribution in [0.2, 0.25) is 0 Å². The van der Waals surface area contributed by atoms with E-state index in [4.69, 9.17) is 9.47 Å². The lowest BCUT2D eigenvalue weighted by atomic mass is 9.97. The van der Waals surface area contributed by atoms with E-state index in [0.717, 1.165) is 35.2 Å². The zero-order valence-corrected chi connectivity index (χ0v) is 16.2. The Balaban J connectivity index is 1.43. The standard InChI is InChI=1S/C20H20N2O5S/c1-12-16-9-15(8-14-3-2-6-22(19(14)16)20(12)23)28(24,25)21-10-13-4-5-17-18(7-13)27-11-26-17/h4-5,7-9,12,21H,2-3,6,10-11H2,1H3/t12-/m1/s1. The van der Waals surface area contributed by atoms with Gasteiger partial charge in [-0.25, -0.2) is 13.1 Å². The number of fused-ring (bicyclic) bond motifs is 1. The molecule has 0 radical (unpaired) electrons. The molecule has 1 atom stereocenters. The normalized spacial score (nSPS) is 19.8. The average molecular weight is 400 g/mol. The minimum absolute atomic E-state index is 0.0545. The van der Waals surface area contributed by atoms with Crippen LogP contribution in [-0.4, -0.2) is 27.7 Å². The lowest BCUT2D eigenvalue weighted by Crippen LogP contribution is -2.32. The van der Waals surface area contributed by atoms with Gasteiger partial charge in [-0.05, 0) is 60.7 Å². The van der Waals surface area contributed by atoms with Gasteiger partial charge >= 0.3 is 0 Å². The van der Waals surface area contributed by atoms with E-state index in [1.165, 1.54) is 0 Å². The van der Waals surface area contributed by atoms with Crippen molar-refractivity contribution in [1.82, 2.24) is 4.72 Å². The van der Waals surface area contributed by atoms with E-state index in [9.17, 15) is 13.2 Å². The number of ether oxygens (including phenoxy) is 2. The van der Waals surface area contributed by atoms with Crippen LogP contribution in [0.4, 0.5) is 5.69 Å². The van der Waals surface area contributed by atoms with Gasteiger partial charge in [-0.15, -0.1) is 0 Å². The highest BCUT2D eigenvalue weighted by molar-refractivity contribution is 7.89. The summed E-state index contributed by atoms with van der Waals surface area (Å²) in [5.74, 6) is 1.02. The van der Waals surface area contributed by atoms with Crippen LogP contribution >= 0.6 is 0 Å². The summed E-state index contributed by atoms with van der Waals surface area (Å²) in [5, 5.41) is 0. The summed E-state index contributed by atoms with van der Waals surface area (Å²) >= 11 is 0. The van der Waals surface area contributed by atoms with E-state index in [1.54, 1.807) is 35.2 Å². The van der Waals surface area contributed by atoms with Crippen LogP contribution < -0.4 is 19.1 Å². The van der Waals surface area contributed by atoms with E-state index in [1.807, 2.05) is 6.92 Å². The molecule has 0 aliphatic carbocycles. The fraction of sp³-hybridized carbons (Fsp3) is 0.350. The molecule has 0 saturated carbocycles. The van der Waals surface area contributed by atoms with Gasteiger partial charge in [0.2, 0.25) is 22.7 Å². The first kappa shape index (κ1) is 17.5. The van der Waals surface area contributed by atoms with Crippen LogP contribution in [0.5, 0.6) is 11.5 Å². The highest BCUT2D eigenvalue weighted by Gasteiger charge is 2.38. The SMILES string of the molecule is C[C@H]1C(=O)N2CCCc3cc(S(=O)(=O)NCc4ccc5c(c4)OCO5)cc1c32. The maximum atomic E-state index is 12.9. The number of amides is 1.